The minimum Gasteiger partial charge on any atom is -0.319 e. The van der Waals surface area contributed by atoms with Crippen LogP contribution in [0.5, 0.6) is 0 Å². The highest BCUT2D eigenvalue weighted by Crippen LogP contribution is 2.42. The van der Waals surface area contributed by atoms with Crippen molar-refractivity contribution in [2.45, 2.75) is 0 Å². The zero-order chi connectivity index (χ0) is 15.0. The predicted molar refractivity (Wildman–Crippen MR) is 90.1 cm³/mol. The normalized spacial score (nSPS) is 12.4. The predicted octanol–water partition coefficient (Wildman–Crippen LogP) is 3.85. The van der Waals surface area contributed by atoms with Gasteiger partial charge in [-0.05, 0) is 37.8 Å². The van der Waals surface area contributed by atoms with Crippen molar-refractivity contribution < 1.29 is 9.13 Å². The molecule has 0 amide bonds. The lowest BCUT2D eigenvalue weighted by molar-refractivity contribution is 0.587. The molecule has 2 aromatic rings. The summed E-state index contributed by atoms with van der Waals surface area (Å²) < 4.78 is 25.0. The van der Waals surface area contributed by atoms with E-state index in [0.717, 1.165) is 21.7 Å². The van der Waals surface area contributed by atoms with E-state index in [-0.39, 0.29) is 0 Å². The number of hydrogen-bond donors (Lipinski definition) is 0. The lowest BCUT2D eigenvalue weighted by Crippen LogP contribution is -2.13. The van der Waals surface area contributed by atoms with Gasteiger partial charge in [-0.3, -0.25) is 0 Å². The summed E-state index contributed by atoms with van der Waals surface area (Å²) in [6.45, 7) is 7.08. The second-order valence-electron chi connectivity index (χ2n) is 5.74. The van der Waals surface area contributed by atoms with E-state index < -0.39 is 14.3 Å². The van der Waals surface area contributed by atoms with Gasteiger partial charge in [0, 0.05) is 10.6 Å². The zero-order valence-corrected chi connectivity index (χ0v) is 14.1. The van der Waals surface area contributed by atoms with Gasteiger partial charge in [0.15, 0.2) is 0 Å². The molecular weight excluding hydrogens is 286 g/mol. The summed E-state index contributed by atoms with van der Waals surface area (Å²) in [5, 5.41) is 1.70. The van der Waals surface area contributed by atoms with Gasteiger partial charge in [0.25, 0.3) is 0 Å². The van der Waals surface area contributed by atoms with E-state index in [1.807, 2.05) is 48.5 Å². The van der Waals surface area contributed by atoms with Gasteiger partial charge in [0.05, 0.1) is 0 Å². The maximum atomic E-state index is 12.5. The van der Waals surface area contributed by atoms with Crippen molar-refractivity contribution in [3.63, 3.8) is 0 Å². The molecule has 0 atom stereocenters. The van der Waals surface area contributed by atoms with Crippen LogP contribution < -0.4 is 10.6 Å². The Labute approximate surface area is 121 Å². The lowest BCUT2D eigenvalue weighted by atomic mass is 10.1. The molecule has 20 heavy (non-hydrogen) atoms. The Balaban J connectivity index is 2.78. The third-order valence-corrected chi connectivity index (χ3v) is 6.36. The Morgan fingerprint density at radius 2 is 0.900 bits per heavy atom. The largest absolute Gasteiger partial charge is 0.319 e. The quantitative estimate of drug-likeness (QED) is 0.807. The summed E-state index contributed by atoms with van der Waals surface area (Å²) in [4.78, 5) is 0. The minimum absolute atomic E-state index is 0.848. The molecule has 0 saturated heterocycles. The summed E-state index contributed by atoms with van der Waals surface area (Å²) in [5.74, 6) is 0. The van der Waals surface area contributed by atoms with Gasteiger partial charge in [0.1, 0.15) is 14.3 Å². The molecule has 0 aromatic heterocycles. The average molecular weight is 306 g/mol. The van der Waals surface area contributed by atoms with Crippen molar-refractivity contribution in [1.29, 1.82) is 0 Å². The van der Waals surface area contributed by atoms with E-state index in [2.05, 4.69) is 0 Å². The molecule has 4 heteroatoms. The third kappa shape index (κ3) is 3.14. The van der Waals surface area contributed by atoms with Crippen molar-refractivity contribution in [3.05, 3.63) is 48.5 Å². The van der Waals surface area contributed by atoms with Gasteiger partial charge in [-0.25, -0.2) is 0 Å². The van der Waals surface area contributed by atoms with Crippen LogP contribution in [0, 0.1) is 0 Å². The second-order valence-corrected chi connectivity index (χ2v) is 12.1. The van der Waals surface area contributed by atoms with E-state index in [0.29, 0.717) is 0 Å². The molecule has 0 aliphatic rings. The molecule has 0 heterocycles. The van der Waals surface area contributed by atoms with Crippen molar-refractivity contribution >= 4 is 24.9 Å². The highest BCUT2D eigenvalue weighted by atomic mass is 31.2. The first-order valence-corrected chi connectivity index (χ1v) is 11.7. The highest BCUT2D eigenvalue weighted by molar-refractivity contribution is 7.71. The molecule has 0 saturated carbocycles. The molecule has 0 bridgehead atoms. The Bertz CT molecular complexity index is 659. The maximum Gasteiger partial charge on any atom is 0.110 e. The van der Waals surface area contributed by atoms with Gasteiger partial charge in [-0.2, -0.15) is 0 Å². The molecule has 2 aromatic carbocycles. The topological polar surface area (TPSA) is 34.1 Å². The lowest BCUT2D eigenvalue weighted by Gasteiger charge is -2.18. The maximum absolute atomic E-state index is 12.5. The molecule has 2 rings (SSSR count). The minimum atomic E-state index is -2.38. The first-order chi connectivity index (χ1) is 9.21. The third-order valence-electron chi connectivity index (χ3n) is 3.26. The molecule has 106 valence electrons. The van der Waals surface area contributed by atoms with Crippen LogP contribution in [-0.4, -0.2) is 26.7 Å². The Morgan fingerprint density at radius 3 is 1.20 bits per heavy atom. The summed E-state index contributed by atoms with van der Waals surface area (Å²) in [6.07, 6.45) is 0. The molecule has 0 unspecified atom stereocenters. The Kier molecular flexibility index (Phi) is 4.09. The van der Waals surface area contributed by atoms with Crippen LogP contribution in [-0.2, 0) is 9.13 Å². The van der Waals surface area contributed by atoms with Crippen molar-refractivity contribution in [2.75, 3.05) is 26.7 Å². The number of hydrogen-bond acceptors (Lipinski definition) is 2. The van der Waals surface area contributed by atoms with Gasteiger partial charge < -0.3 is 9.13 Å². The fourth-order valence-electron chi connectivity index (χ4n) is 2.34. The second kappa shape index (κ2) is 5.35. The van der Waals surface area contributed by atoms with Gasteiger partial charge in [-0.15, -0.1) is 0 Å². The Hall–Kier alpha value is -1.10. The fourth-order valence-corrected chi connectivity index (χ4v) is 4.78. The number of rotatable bonds is 3. The molecular formula is C16H20O2P2. The molecule has 0 radical (unpaired) electrons. The van der Waals surface area contributed by atoms with E-state index in [1.54, 1.807) is 26.7 Å². The molecule has 0 aliphatic carbocycles. The van der Waals surface area contributed by atoms with Crippen LogP contribution in [0.3, 0.4) is 0 Å². The standard InChI is InChI=1S/C16H20O2P2/c1-19(2,17)15-11-7-5-9-13(15)14-10-6-8-12-16(14)20(3,4)18/h5-12H,1-4H3. The van der Waals surface area contributed by atoms with Crippen LogP contribution in [0.15, 0.2) is 48.5 Å². The number of benzene rings is 2. The van der Waals surface area contributed by atoms with E-state index in [4.69, 9.17) is 0 Å². The van der Waals surface area contributed by atoms with Crippen LogP contribution in [0.1, 0.15) is 0 Å². The first kappa shape index (κ1) is 15.3. The van der Waals surface area contributed by atoms with Crippen molar-refractivity contribution in [1.82, 2.24) is 0 Å². The van der Waals surface area contributed by atoms with Crippen LogP contribution >= 0.6 is 14.3 Å². The van der Waals surface area contributed by atoms with Gasteiger partial charge in [0.2, 0.25) is 0 Å². The zero-order valence-electron chi connectivity index (χ0n) is 12.3. The summed E-state index contributed by atoms with van der Waals surface area (Å²) >= 11 is 0. The van der Waals surface area contributed by atoms with E-state index >= 15 is 0 Å². The van der Waals surface area contributed by atoms with Crippen LogP contribution in [0.2, 0.25) is 0 Å². The summed E-state index contributed by atoms with van der Waals surface area (Å²) in [5.41, 5.74) is 1.86. The molecule has 0 N–H and O–H groups in total. The molecule has 2 nitrogen and oxygen atoms in total. The molecule has 0 aliphatic heterocycles. The van der Waals surface area contributed by atoms with E-state index in [1.165, 1.54) is 0 Å². The van der Waals surface area contributed by atoms with Crippen molar-refractivity contribution in [2.24, 2.45) is 0 Å². The molecule has 0 fully saturated rings. The molecule has 0 spiro atoms. The van der Waals surface area contributed by atoms with Crippen molar-refractivity contribution in [3.8, 4) is 11.1 Å². The smallest absolute Gasteiger partial charge is 0.110 e. The highest BCUT2D eigenvalue weighted by Gasteiger charge is 2.21. The summed E-state index contributed by atoms with van der Waals surface area (Å²) in [6, 6.07) is 15.4. The average Bonchev–Trinajstić information content (AvgIpc) is 2.37. The van der Waals surface area contributed by atoms with E-state index in [9.17, 15) is 9.13 Å². The van der Waals surface area contributed by atoms with Crippen LogP contribution in [0.4, 0.5) is 0 Å². The fraction of sp³-hybridized carbons (Fsp3) is 0.250. The summed E-state index contributed by atoms with van der Waals surface area (Å²) in [7, 11) is -4.77. The Morgan fingerprint density at radius 1 is 0.600 bits per heavy atom. The first-order valence-electron chi connectivity index (χ1n) is 6.51. The monoisotopic (exact) mass is 306 g/mol. The van der Waals surface area contributed by atoms with Crippen LogP contribution in [0.25, 0.3) is 11.1 Å². The van der Waals surface area contributed by atoms with Gasteiger partial charge >= 0.3 is 0 Å². The SMILES string of the molecule is CP(C)(=O)c1ccccc1-c1ccccc1P(C)(C)=O. The van der Waals surface area contributed by atoms with Gasteiger partial charge in [-0.1, -0.05) is 48.5 Å².